The number of nitrogens with zero attached hydrogens (tertiary/aromatic N) is 4. The van der Waals surface area contributed by atoms with Crippen molar-refractivity contribution < 1.29 is 4.79 Å². The predicted molar refractivity (Wildman–Crippen MR) is 121 cm³/mol. The van der Waals surface area contributed by atoms with Crippen LogP contribution in [0.25, 0.3) is 11.4 Å². The second-order valence-corrected chi connectivity index (χ2v) is 8.61. The quantitative estimate of drug-likeness (QED) is 0.660. The van der Waals surface area contributed by atoms with Crippen LogP contribution in [0.3, 0.4) is 0 Å². The van der Waals surface area contributed by atoms with Crippen LogP contribution in [0, 0.1) is 5.92 Å². The minimum Gasteiger partial charge on any atom is -0.356 e. The first-order valence-corrected chi connectivity index (χ1v) is 11.7. The number of benzene rings is 1. The summed E-state index contributed by atoms with van der Waals surface area (Å²) in [5.41, 5.74) is 3.35. The summed E-state index contributed by atoms with van der Waals surface area (Å²) < 4.78 is 0. The summed E-state index contributed by atoms with van der Waals surface area (Å²) in [6, 6.07) is 10.3. The molecule has 0 saturated carbocycles. The Kier molecular flexibility index (Phi) is 6.66. The smallest absolute Gasteiger partial charge is 0.225 e. The van der Waals surface area contributed by atoms with Crippen molar-refractivity contribution in [2.75, 3.05) is 24.5 Å². The van der Waals surface area contributed by atoms with Crippen LogP contribution in [0.4, 0.5) is 5.82 Å². The SMILES string of the molecule is CCCC[C@H](CC)C(=O)N1CCc2nc(-c3ccccc3)nc(N3CCCC3)c2C1. The molecule has 1 fully saturated rings. The average Bonchev–Trinajstić information content (AvgIpc) is 3.33. The van der Waals surface area contributed by atoms with E-state index in [1.54, 1.807) is 0 Å². The Labute approximate surface area is 180 Å². The highest BCUT2D eigenvalue weighted by Crippen LogP contribution is 2.32. The molecule has 4 rings (SSSR count). The molecule has 5 nitrogen and oxygen atoms in total. The lowest BCUT2D eigenvalue weighted by Crippen LogP contribution is -2.41. The van der Waals surface area contributed by atoms with Crippen LogP contribution < -0.4 is 4.90 Å². The van der Waals surface area contributed by atoms with Gasteiger partial charge in [-0.25, -0.2) is 9.97 Å². The molecule has 0 aliphatic carbocycles. The summed E-state index contributed by atoms with van der Waals surface area (Å²) in [5.74, 6) is 2.32. The fourth-order valence-corrected chi connectivity index (χ4v) is 4.70. The molecule has 2 aromatic rings. The maximum absolute atomic E-state index is 13.2. The minimum absolute atomic E-state index is 0.145. The number of unbranched alkanes of at least 4 members (excludes halogenated alkanes) is 1. The van der Waals surface area contributed by atoms with E-state index in [-0.39, 0.29) is 5.92 Å². The Balaban J connectivity index is 1.65. The Morgan fingerprint density at radius 1 is 1.07 bits per heavy atom. The molecule has 1 aromatic heterocycles. The third-order valence-electron chi connectivity index (χ3n) is 6.54. The third-order valence-corrected chi connectivity index (χ3v) is 6.54. The average molecular weight is 407 g/mol. The van der Waals surface area contributed by atoms with Gasteiger partial charge in [0.1, 0.15) is 5.82 Å². The van der Waals surface area contributed by atoms with E-state index in [1.165, 1.54) is 18.4 Å². The Hall–Kier alpha value is -2.43. The molecule has 3 heterocycles. The van der Waals surface area contributed by atoms with Crippen molar-refractivity contribution in [3.63, 3.8) is 0 Å². The van der Waals surface area contributed by atoms with E-state index in [1.807, 2.05) is 18.2 Å². The highest BCUT2D eigenvalue weighted by Gasteiger charge is 2.31. The number of rotatable bonds is 7. The van der Waals surface area contributed by atoms with Gasteiger partial charge in [0.05, 0.1) is 12.2 Å². The van der Waals surface area contributed by atoms with Crippen LogP contribution in [0.2, 0.25) is 0 Å². The molecule has 2 aliphatic rings. The highest BCUT2D eigenvalue weighted by atomic mass is 16.2. The highest BCUT2D eigenvalue weighted by molar-refractivity contribution is 5.79. The van der Waals surface area contributed by atoms with Crippen LogP contribution >= 0.6 is 0 Å². The zero-order valence-corrected chi connectivity index (χ0v) is 18.4. The summed E-state index contributed by atoms with van der Waals surface area (Å²) in [4.78, 5) is 27.7. The van der Waals surface area contributed by atoms with E-state index in [0.29, 0.717) is 12.5 Å². The molecule has 160 valence electrons. The zero-order valence-electron chi connectivity index (χ0n) is 18.4. The Morgan fingerprint density at radius 2 is 1.83 bits per heavy atom. The van der Waals surface area contributed by atoms with Gasteiger partial charge in [0.2, 0.25) is 5.91 Å². The number of carbonyl (C=O) groups excluding carboxylic acids is 1. The molecule has 0 unspecified atom stereocenters. The van der Waals surface area contributed by atoms with Crippen molar-refractivity contribution in [2.45, 2.75) is 65.3 Å². The lowest BCUT2D eigenvalue weighted by atomic mass is 9.96. The Bertz CT molecular complexity index is 861. The molecule has 0 spiro atoms. The fraction of sp³-hybridized carbons (Fsp3) is 0.560. The molecule has 1 saturated heterocycles. The molecule has 0 bridgehead atoms. The number of aromatic nitrogens is 2. The van der Waals surface area contributed by atoms with E-state index >= 15 is 0 Å². The second kappa shape index (κ2) is 9.59. The summed E-state index contributed by atoms with van der Waals surface area (Å²) >= 11 is 0. The number of hydrogen-bond donors (Lipinski definition) is 0. The lowest BCUT2D eigenvalue weighted by molar-refractivity contribution is -0.136. The number of carbonyl (C=O) groups is 1. The van der Waals surface area contributed by atoms with Gasteiger partial charge in [-0.2, -0.15) is 0 Å². The maximum atomic E-state index is 13.2. The standard InChI is InChI=1S/C25H34N4O/c1-3-5-11-19(4-2)25(30)29-17-14-22-21(18-29)24(28-15-9-10-16-28)27-23(26-22)20-12-7-6-8-13-20/h6-8,12-13,19H,3-5,9-11,14-18H2,1-2H3/t19-/m0/s1. The van der Waals surface area contributed by atoms with Crippen molar-refractivity contribution in [1.82, 2.24) is 14.9 Å². The van der Waals surface area contributed by atoms with Crippen molar-refractivity contribution in [3.05, 3.63) is 41.6 Å². The summed E-state index contributed by atoms with van der Waals surface area (Å²) in [6.07, 6.45) is 7.41. The van der Waals surface area contributed by atoms with Gasteiger partial charge in [-0.15, -0.1) is 0 Å². The molecule has 30 heavy (non-hydrogen) atoms. The number of fused-ring (bicyclic) bond motifs is 1. The minimum atomic E-state index is 0.145. The van der Waals surface area contributed by atoms with Gasteiger partial charge >= 0.3 is 0 Å². The molecule has 2 aliphatic heterocycles. The first kappa shape index (κ1) is 20.8. The normalized spacial score (nSPS) is 17.1. The van der Waals surface area contributed by atoms with Crippen LogP contribution in [-0.2, 0) is 17.8 Å². The van der Waals surface area contributed by atoms with Crippen LogP contribution in [0.5, 0.6) is 0 Å². The molecular formula is C25H34N4O. The van der Waals surface area contributed by atoms with E-state index in [9.17, 15) is 4.79 Å². The summed E-state index contributed by atoms with van der Waals surface area (Å²) in [5, 5.41) is 0. The first-order valence-electron chi connectivity index (χ1n) is 11.7. The van der Waals surface area contributed by atoms with Gasteiger partial charge in [-0.05, 0) is 25.7 Å². The van der Waals surface area contributed by atoms with Crippen LogP contribution in [0.1, 0.15) is 63.6 Å². The molecule has 1 aromatic carbocycles. The molecule has 0 radical (unpaired) electrons. The van der Waals surface area contributed by atoms with E-state index in [2.05, 4.69) is 35.8 Å². The van der Waals surface area contributed by atoms with Crippen LogP contribution in [-0.4, -0.2) is 40.4 Å². The fourth-order valence-electron chi connectivity index (χ4n) is 4.70. The molecule has 1 amide bonds. The molecule has 0 N–H and O–H groups in total. The predicted octanol–water partition coefficient (Wildman–Crippen LogP) is 4.84. The topological polar surface area (TPSA) is 49.3 Å². The van der Waals surface area contributed by atoms with Crippen LogP contribution in [0.15, 0.2) is 30.3 Å². The molecular weight excluding hydrogens is 372 g/mol. The summed E-state index contributed by atoms with van der Waals surface area (Å²) in [6.45, 7) is 7.83. The largest absolute Gasteiger partial charge is 0.356 e. The van der Waals surface area contributed by atoms with Crippen molar-refractivity contribution in [3.8, 4) is 11.4 Å². The van der Waals surface area contributed by atoms with E-state index in [0.717, 1.165) is 74.6 Å². The lowest BCUT2D eigenvalue weighted by Gasteiger charge is -2.33. The van der Waals surface area contributed by atoms with Gasteiger partial charge in [0.15, 0.2) is 5.82 Å². The molecule has 1 atom stereocenters. The van der Waals surface area contributed by atoms with Crippen molar-refractivity contribution >= 4 is 11.7 Å². The number of anilines is 1. The first-order chi connectivity index (χ1) is 14.7. The van der Waals surface area contributed by atoms with E-state index in [4.69, 9.17) is 9.97 Å². The van der Waals surface area contributed by atoms with Gasteiger partial charge in [0, 0.05) is 43.1 Å². The van der Waals surface area contributed by atoms with Gasteiger partial charge in [0.25, 0.3) is 0 Å². The third kappa shape index (κ3) is 4.35. The van der Waals surface area contributed by atoms with Crippen molar-refractivity contribution in [2.24, 2.45) is 5.92 Å². The Morgan fingerprint density at radius 3 is 2.53 bits per heavy atom. The summed E-state index contributed by atoms with van der Waals surface area (Å²) in [7, 11) is 0. The monoisotopic (exact) mass is 406 g/mol. The number of hydrogen-bond acceptors (Lipinski definition) is 4. The van der Waals surface area contributed by atoms with Gasteiger partial charge < -0.3 is 9.80 Å². The van der Waals surface area contributed by atoms with Gasteiger partial charge in [-0.3, -0.25) is 4.79 Å². The van der Waals surface area contributed by atoms with E-state index < -0.39 is 0 Å². The number of amides is 1. The second-order valence-electron chi connectivity index (χ2n) is 8.61. The van der Waals surface area contributed by atoms with Gasteiger partial charge in [-0.1, -0.05) is 57.0 Å². The maximum Gasteiger partial charge on any atom is 0.225 e. The molecule has 5 heteroatoms. The zero-order chi connectivity index (χ0) is 20.9. The van der Waals surface area contributed by atoms with Crippen molar-refractivity contribution in [1.29, 1.82) is 0 Å².